The lowest BCUT2D eigenvalue weighted by atomic mass is 9.82. The number of benzene rings is 3. The molecule has 5 atom stereocenters. The lowest BCUT2D eigenvalue weighted by molar-refractivity contribution is -0.385. The molecular formula is C35H41FN4O8Si. The highest BCUT2D eigenvalue weighted by Gasteiger charge is 2.67. The van der Waals surface area contributed by atoms with Crippen LogP contribution in [-0.4, -0.2) is 71.5 Å². The number of nitro benzene ring substituents is 1. The van der Waals surface area contributed by atoms with Crippen LogP contribution in [0.25, 0.3) is 0 Å². The predicted molar refractivity (Wildman–Crippen MR) is 183 cm³/mol. The summed E-state index contributed by atoms with van der Waals surface area (Å²) in [4.78, 5) is 54.9. The zero-order valence-electron chi connectivity index (χ0n) is 27.8. The monoisotopic (exact) mass is 692 g/mol. The van der Waals surface area contributed by atoms with Crippen molar-refractivity contribution in [2.24, 2.45) is 5.92 Å². The Labute approximate surface area is 284 Å². The van der Waals surface area contributed by atoms with Crippen molar-refractivity contribution in [2.75, 3.05) is 23.4 Å². The Bertz CT molecular complexity index is 1740. The SMILES string of the molecule is C[C@H](O)C(=O)Nc1cccc(CN2C(=O)[C@]3(O[C@H](CC(=O)N(CCO)Cc4ccccc4)[C@@H]([Si](C)(C)F)[C@@H]3C)c3cc([N+](=O)[O-])ccc32)c1. The van der Waals surface area contributed by atoms with Gasteiger partial charge in [0.25, 0.3) is 17.5 Å². The van der Waals surface area contributed by atoms with E-state index in [1.165, 1.54) is 48.0 Å². The molecule has 0 radical (unpaired) electrons. The van der Waals surface area contributed by atoms with Gasteiger partial charge < -0.3 is 34.2 Å². The normalized spacial score (nSPS) is 22.2. The second-order valence-corrected chi connectivity index (χ2v) is 17.0. The molecule has 0 saturated carbocycles. The second kappa shape index (κ2) is 14.2. The van der Waals surface area contributed by atoms with Crippen molar-refractivity contribution in [2.45, 2.75) is 69.8 Å². The largest absolute Gasteiger partial charge is 0.395 e. The van der Waals surface area contributed by atoms with Crippen molar-refractivity contribution in [3.63, 3.8) is 0 Å². The van der Waals surface area contributed by atoms with E-state index in [2.05, 4.69) is 5.32 Å². The first-order valence-corrected chi connectivity index (χ1v) is 19.1. The fourth-order valence-electron chi connectivity index (χ4n) is 7.20. The van der Waals surface area contributed by atoms with Crippen LogP contribution >= 0.6 is 0 Å². The zero-order valence-corrected chi connectivity index (χ0v) is 28.8. The maximum atomic E-state index is 16.3. The molecule has 2 aliphatic rings. The maximum absolute atomic E-state index is 16.3. The summed E-state index contributed by atoms with van der Waals surface area (Å²) < 4.78 is 23.0. The summed E-state index contributed by atoms with van der Waals surface area (Å²) in [5.41, 5.74) is -0.486. The number of aliphatic hydroxyl groups excluding tert-OH is 2. The molecule has 2 heterocycles. The number of halogens is 1. The number of nitro groups is 1. The number of anilines is 2. The lowest BCUT2D eigenvalue weighted by Gasteiger charge is -2.31. The molecule has 12 nitrogen and oxygen atoms in total. The Hall–Kier alpha value is -4.50. The van der Waals surface area contributed by atoms with E-state index in [0.717, 1.165) is 5.56 Å². The van der Waals surface area contributed by atoms with E-state index < -0.39 is 54.4 Å². The Morgan fingerprint density at radius 1 is 1.12 bits per heavy atom. The summed E-state index contributed by atoms with van der Waals surface area (Å²) in [6, 6.07) is 20.0. The van der Waals surface area contributed by atoms with Gasteiger partial charge in [-0.2, -0.15) is 0 Å². The van der Waals surface area contributed by atoms with Crippen molar-refractivity contribution in [3.05, 3.63) is 99.6 Å². The van der Waals surface area contributed by atoms with Crippen molar-refractivity contribution in [1.29, 1.82) is 0 Å². The number of hydrogen-bond donors (Lipinski definition) is 3. The Balaban J connectivity index is 1.52. The number of non-ortho nitro benzene ring substituents is 1. The molecule has 1 fully saturated rings. The number of nitrogens with one attached hydrogen (secondary N) is 1. The molecule has 5 rings (SSSR count). The number of carbonyl (C=O) groups is 3. The van der Waals surface area contributed by atoms with E-state index in [4.69, 9.17) is 4.74 Å². The number of fused-ring (bicyclic) bond motifs is 2. The van der Waals surface area contributed by atoms with Gasteiger partial charge in [0.2, 0.25) is 14.3 Å². The fourth-order valence-corrected chi connectivity index (χ4v) is 9.69. The average Bonchev–Trinajstić information content (AvgIpc) is 3.47. The van der Waals surface area contributed by atoms with Crippen LogP contribution < -0.4 is 10.2 Å². The van der Waals surface area contributed by atoms with Gasteiger partial charge in [0, 0.05) is 47.9 Å². The quantitative estimate of drug-likeness (QED) is 0.107. The number of amides is 3. The van der Waals surface area contributed by atoms with Gasteiger partial charge in [-0.15, -0.1) is 0 Å². The smallest absolute Gasteiger partial charge is 0.269 e. The Kier molecular flexibility index (Phi) is 10.3. The van der Waals surface area contributed by atoms with Crippen molar-refractivity contribution < 1.29 is 38.4 Å². The minimum atomic E-state index is -3.66. The van der Waals surface area contributed by atoms with Crippen molar-refractivity contribution >= 4 is 43.2 Å². The van der Waals surface area contributed by atoms with Gasteiger partial charge in [-0.05, 0) is 49.3 Å². The van der Waals surface area contributed by atoms with Crippen LogP contribution in [0.15, 0.2) is 72.8 Å². The summed E-state index contributed by atoms with van der Waals surface area (Å²) in [5.74, 6) is -2.32. The van der Waals surface area contributed by atoms with E-state index in [1.807, 2.05) is 30.3 Å². The standard InChI is InChI=1S/C35H41FN4O8Si/c1-22-32(49(3,4)36)30(19-31(43)38(15-16-41)20-24-9-6-5-7-10-24)48-35(22)28-18-27(40(46)47)13-14-29(28)39(34(35)45)21-25-11-8-12-26(17-25)37-33(44)23(2)42/h5-14,17-18,22-23,30,32,41-42H,15-16,19-21H2,1-4H3,(H,37,44)/t22-,23-,30+,32-,35+/m0/s1. The summed E-state index contributed by atoms with van der Waals surface area (Å²) in [6.45, 7) is 6.01. The Morgan fingerprint density at radius 2 is 1.82 bits per heavy atom. The van der Waals surface area contributed by atoms with Gasteiger partial charge in [0.1, 0.15) is 6.10 Å². The zero-order chi connectivity index (χ0) is 35.7. The summed E-state index contributed by atoms with van der Waals surface area (Å²) >= 11 is 0. The molecule has 260 valence electrons. The first-order valence-electron chi connectivity index (χ1n) is 16.2. The highest BCUT2D eigenvalue weighted by atomic mass is 28.4. The fraction of sp³-hybridized carbons (Fsp3) is 0.400. The van der Waals surface area contributed by atoms with Gasteiger partial charge in [0.05, 0.1) is 36.3 Å². The highest BCUT2D eigenvalue weighted by molar-refractivity contribution is 6.72. The average molecular weight is 693 g/mol. The number of nitrogens with zero attached hydrogens (tertiary/aromatic N) is 3. The molecule has 14 heteroatoms. The molecule has 0 bridgehead atoms. The first-order chi connectivity index (χ1) is 23.2. The van der Waals surface area contributed by atoms with Crippen LogP contribution in [0.4, 0.5) is 21.2 Å². The van der Waals surface area contributed by atoms with E-state index in [1.54, 1.807) is 31.2 Å². The van der Waals surface area contributed by atoms with E-state index in [-0.39, 0.29) is 49.8 Å². The summed E-state index contributed by atoms with van der Waals surface area (Å²) in [7, 11) is -3.66. The number of carbonyl (C=O) groups excluding carboxylic acids is 3. The molecule has 1 spiro atoms. The molecule has 0 aliphatic carbocycles. The van der Waals surface area contributed by atoms with Gasteiger partial charge in [-0.3, -0.25) is 24.5 Å². The molecule has 3 aromatic rings. The Morgan fingerprint density at radius 3 is 2.45 bits per heavy atom. The minimum absolute atomic E-state index is 0.00801. The molecule has 2 aliphatic heterocycles. The first kappa shape index (κ1) is 35.8. The van der Waals surface area contributed by atoms with E-state index >= 15 is 4.11 Å². The molecule has 3 aromatic carbocycles. The van der Waals surface area contributed by atoms with Gasteiger partial charge >= 0.3 is 0 Å². The van der Waals surface area contributed by atoms with Crippen LogP contribution in [0, 0.1) is 16.0 Å². The molecule has 0 unspecified atom stereocenters. The second-order valence-electron chi connectivity index (χ2n) is 13.2. The third-order valence-corrected chi connectivity index (χ3v) is 11.8. The maximum Gasteiger partial charge on any atom is 0.269 e. The van der Waals surface area contributed by atoms with Crippen LogP contribution in [-0.2, 0) is 37.8 Å². The van der Waals surface area contributed by atoms with Crippen LogP contribution in [0.3, 0.4) is 0 Å². The van der Waals surface area contributed by atoms with E-state index in [9.17, 15) is 34.7 Å². The van der Waals surface area contributed by atoms with Gasteiger partial charge in [0.15, 0.2) is 5.60 Å². The minimum Gasteiger partial charge on any atom is -0.395 e. The van der Waals surface area contributed by atoms with Gasteiger partial charge in [-0.1, -0.05) is 49.4 Å². The van der Waals surface area contributed by atoms with Crippen molar-refractivity contribution in [1.82, 2.24) is 4.90 Å². The lowest BCUT2D eigenvalue weighted by Crippen LogP contribution is -2.45. The molecule has 3 N–H and O–H groups in total. The van der Waals surface area contributed by atoms with Crippen LogP contribution in [0.1, 0.15) is 37.0 Å². The number of rotatable bonds is 12. The molecule has 3 amide bonds. The highest BCUT2D eigenvalue weighted by Crippen LogP contribution is 2.60. The molecule has 49 heavy (non-hydrogen) atoms. The third-order valence-electron chi connectivity index (χ3n) is 9.38. The van der Waals surface area contributed by atoms with Crippen LogP contribution in [0.2, 0.25) is 18.6 Å². The molecule has 1 saturated heterocycles. The summed E-state index contributed by atoms with van der Waals surface area (Å²) in [6.07, 6.45) is -2.52. The predicted octanol–water partition coefficient (Wildman–Crippen LogP) is 4.65. The van der Waals surface area contributed by atoms with Gasteiger partial charge in [-0.25, -0.2) is 0 Å². The topological polar surface area (TPSA) is 163 Å². The van der Waals surface area contributed by atoms with E-state index in [0.29, 0.717) is 16.9 Å². The third kappa shape index (κ3) is 7.13. The number of aliphatic hydroxyl groups is 2. The number of hydrogen-bond acceptors (Lipinski definition) is 8. The van der Waals surface area contributed by atoms with Crippen LogP contribution in [0.5, 0.6) is 0 Å². The number of ether oxygens (including phenoxy) is 1. The summed E-state index contributed by atoms with van der Waals surface area (Å²) in [5, 5.41) is 33.9. The molecule has 0 aromatic heterocycles. The van der Waals surface area contributed by atoms with Crippen molar-refractivity contribution in [3.8, 4) is 0 Å². The molecular weight excluding hydrogens is 651 g/mol.